The lowest BCUT2D eigenvalue weighted by molar-refractivity contribution is -0.0493. The molecule has 0 aliphatic carbocycles. The number of carbonyl (C=O) groups is 1. The van der Waals surface area contributed by atoms with Crippen LogP contribution in [0.25, 0.3) is 0 Å². The number of aromatic nitrogens is 4. The highest BCUT2D eigenvalue weighted by atomic mass is 35.5. The van der Waals surface area contributed by atoms with Gasteiger partial charge in [-0.15, -0.1) is 0 Å². The minimum Gasteiger partial charge on any atom is -0.433 e. The summed E-state index contributed by atoms with van der Waals surface area (Å²) in [6.07, 6.45) is 0.789. The van der Waals surface area contributed by atoms with Crippen molar-refractivity contribution in [2.24, 2.45) is 0 Å². The van der Waals surface area contributed by atoms with Gasteiger partial charge in [-0.25, -0.2) is 13.1 Å². The number of hydrogen-bond acceptors (Lipinski definition) is 7. The molecule has 0 aliphatic rings. The summed E-state index contributed by atoms with van der Waals surface area (Å²) in [4.78, 5) is 12.4. The molecule has 2 rings (SSSR count). The highest BCUT2D eigenvalue weighted by molar-refractivity contribution is 7.92. The van der Waals surface area contributed by atoms with Crippen LogP contribution in [0.2, 0.25) is 5.02 Å². The quantitative estimate of drug-likeness (QED) is 0.708. The van der Waals surface area contributed by atoms with Gasteiger partial charge in [-0.2, -0.15) is 8.78 Å². The first kappa shape index (κ1) is 19.8. The van der Waals surface area contributed by atoms with Crippen LogP contribution >= 0.6 is 11.6 Å². The minimum atomic E-state index is -3.89. The third-order valence-electron chi connectivity index (χ3n) is 2.91. The van der Waals surface area contributed by atoms with Gasteiger partial charge in [0.2, 0.25) is 16.0 Å². The fraction of sp³-hybridized carbons (Fsp3) is 0.333. The van der Waals surface area contributed by atoms with Crippen molar-refractivity contribution in [1.82, 2.24) is 20.2 Å². The molecule has 0 aliphatic heterocycles. The van der Waals surface area contributed by atoms with E-state index >= 15 is 0 Å². The first-order valence-corrected chi connectivity index (χ1v) is 9.22. The third kappa shape index (κ3) is 4.76. The van der Waals surface area contributed by atoms with Crippen molar-refractivity contribution in [3.63, 3.8) is 0 Å². The van der Waals surface area contributed by atoms with Crippen LogP contribution in [-0.4, -0.2) is 47.4 Å². The second kappa shape index (κ2) is 7.78. The zero-order valence-corrected chi connectivity index (χ0v) is 15.0. The molecular weight excluding hydrogens is 398 g/mol. The predicted octanol–water partition coefficient (Wildman–Crippen LogP) is 1.57. The molecule has 0 unspecified atom stereocenters. The normalized spacial score (nSPS) is 11.5. The number of benzene rings is 1. The fourth-order valence-electron chi connectivity index (χ4n) is 1.88. The summed E-state index contributed by atoms with van der Waals surface area (Å²) in [5, 5.41) is 12.6. The van der Waals surface area contributed by atoms with E-state index in [-0.39, 0.29) is 11.5 Å². The largest absolute Gasteiger partial charge is 0.433 e. The summed E-state index contributed by atoms with van der Waals surface area (Å²) in [7, 11) is -3.89. The van der Waals surface area contributed by atoms with E-state index in [1.54, 1.807) is 6.92 Å². The SMILES string of the molecule is CCn1nnnc1NC(=O)c1ccc(OC(F)F)c(NS(C)(=O)=O)c1Cl. The number of anilines is 2. The van der Waals surface area contributed by atoms with E-state index in [0.717, 1.165) is 18.4 Å². The number of ether oxygens (including phenoxy) is 1. The Balaban J connectivity index is 2.42. The van der Waals surface area contributed by atoms with Crippen molar-refractivity contribution in [3.8, 4) is 5.75 Å². The highest BCUT2D eigenvalue weighted by Crippen LogP contribution is 2.37. The summed E-state index contributed by atoms with van der Waals surface area (Å²) < 4.78 is 55.4. The molecule has 0 radical (unpaired) electrons. The maximum Gasteiger partial charge on any atom is 0.387 e. The van der Waals surface area contributed by atoms with Gasteiger partial charge in [0.15, 0.2) is 5.75 Å². The molecular formula is C12H13ClF2N6O4S. The second-order valence-corrected chi connectivity index (χ2v) is 6.95. The van der Waals surface area contributed by atoms with Gasteiger partial charge in [-0.1, -0.05) is 16.7 Å². The van der Waals surface area contributed by atoms with Gasteiger partial charge in [0, 0.05) is 6.54 Å². The van der Waals surface area contributed by atoms with Gasteiger partial charge in [-0.05, 0) is 29.5 Å². The van der Waals surface area contributed by atoms with Crippen LogP contribution in [0.5, 0.6) is 5.75 Å². The van der Waals surface area contributed by atoms with Crippen molar-refractivity contribution in [2.45, 2.75) is 20.1 Å². The molecule has 0 saturated heterocycles. The maximum absolute atomic E-state index is 12.5. The van der Waals surface area contributed by atoms with E-state index < -0.39 is 39.0 Å². The number of hydrogen-bond donors (Lipinski definition) is 2. The molecule has 0 atom stereocenters. The first-order chi connectivity index (χ1) is 12.1. The number of amides is 1. The number of carbonyl (C=O) groups excluding carboxylic acids is 1. The molecule has 0 spiro atoms. The first-order valence-electron chi connectivity index (χ1n) is 6.95. The van der Waals surface area contributed by atoms with Gasteiger partial charge in [0.05, 0.1) is 16.8 Å². The van der Waals surface area contributed by atoms with E-state index in [9.17, 15) is 22.0 Å². The number of halogens is 3. The summed E-state index contributed by atoms with van der Waals surface area (Å²) >= 11 is 6.04. The molecule has 1 heterocycles. The third-order valence-corrected chi connectivity index (χ3v) is 3.88. The molecule has 10 nitrogen and oxygen atoms in total. The molecule has 1 amide bonds. The van der Waals surface area contributed by atoms with Gasteiger partial charge in [0.1, 0.15) is 5.69 Å². The number of rotatable bonds is 7. The standard InChI is InChI=1S/C12H13ClF2N6O4S/c1-3-21-12(17-19-20-21)16-10(22)6-4-5-7(25-11(14)15)9(8(6)13)18-26(2,23)24/h4-5,11,18H,3H2,1-2H3,(H,16,17,20,22). The molecule has 142 valence electrons. The monoisotopic (exact) mass is 410 g/mol. The summed E-state index contributed by atoms with van der Waals surface area (Å²) in [5.74, 6) is -1.29. The van der Waals surface area contributed by atoms with Crippen molar-refractivity contribution in [2.75, 3.05) is 16.3 Å². The van der Waals surface area contributed by atoms with Crippen LogP contribution in [0.3, 0.4) is 0 Å². The highest BCUT2D eigenvalue weighted by Gasteiger charge is 2.23. The molecule has 1 aromatic heterocycles. The van der Waals surface area contributed by atoms with Crippen LogP contribution < -0.4 is 14.8 Å². The van der Waals surface area contributed by atoms with E-state index in [1.165, 1.54) is 4.68 Å². The Morgan fingerprint density at radius 2 is 2.12 bits per heavy atom. The molecule has 26 heavy (non-hydrogen) atoms. The lowest BCUT2D eigenvalue weighted by Crippen LogP contribution is -2.18. The number of nitrogens with one attached hydrogen (secondary N) is 2. The Labute approximate surface area is 151 Å². The zero-order valence-electron chi connectivity index (χ0n) is 13.4. The van der Waals surface area contributed by atoms with Crippen LogP contribution in [0.15, 0.2) is 12.1 Å². The van der Waals surface area contributed by atoms with Gasteiger partial charge in [-0.3, -0.25) is 14.8 Å². The van der Waals surface area contributed by atoms with E-state index in [4.69, 9.17) is 11.6 Å². The van der Waals surface area contributed by atoms with E-state index in [1.807, 2.05) is 4.72 Å². The number of aryl methyl sites for hydroxylation is 1. The van der Waals surface area contributed by atoms with Crippen molar-refractivity contribution in [3.05, 3.63) is 22.7 Å². The Bertz CT molecular complexity index is 920. The van der Waals surface area contributed by atoms with Crippen molar-refractivity contribution < 1.29 is 26.7 Å². The van der Waals surface area contributed by atoms with E-state index in [2.05, 4.69) is 25.6 Å². The van der Waals surface area contributed by atoms with Crippen LogP contribution in [-0.2, 0) is 16.6 Å². The minimum absolute atomic E-state index is 0.0269. The van der Waals surface area contributed by atoms with Crippen LogP contribution in [0.4, 0.5) is 20.4 Å². The fourth-order valence-corrected chi connectivity index (χ4v) is 2.80. The van der Waals surface area contributed by atoms with Crippen molar-refractivity contribution in [1.29, 1.82) is 0 Å². The zero-order chi connectivity index (χ0) is 19.5. The molecule has 0 bridgehead atoms. The van der Waals surface area contributed by atoms with Gasteiger partial charge >= 0.3 is 6.61 Å². The Kier molecular flexibility index (Phi) is 5.92. The number of nitrogens with zero attached hydrogens (tertiary/aromatic N) is 4. The summed E-state index contributed by atoms with van der Waals surface area (Å²) in [5.41, 5.74) is -0.692. The molecule has 2 aromatic rings. The van der Waals surface area contributed by atoms with Crippen molar-refractivity contribution >= 4 is 39.2 Å². The molecule has 2 N–H and O–H groups in total. The summed E-state index contributed by atoms with van der Waals surface area (Å²) in [6, 6.07) is 2.09. The average Bonchev–Trinajstić information content (AvgIpc) is 2.96. The predicted molar refractivity (Wildman–Crippen MR) is 88.0 cm³/mol. The molecule has 1 aromatic carbocycles. The Hall–Kier alpha value is -2.54. The summed E-state index contributed by atoms with van der Waals surface area (Å²) in [6.45, 7) is -1.11. The lowest BCUT2D eigenvalue weighted by Gasteiger charge is -2.15. The maximum atomic E-state index is 12.5. The molecule has 14 heteroatoms. The van der Waals surface area contributed by atoms with Crippen LogP contribution in [0, 0.1) is 0 Å². The number of alkyl halides is 2. The van der Waals surface area contributed by atoms with E-state index in [0.29, 0.717) is 6.54 Å². The average molecular weight is 411 g/mol. The second-order valence-electron chi connectivity index (χ2n) is 4.83. The van der Waals surface area contributed by atoms with Crippen LogP contribution in [0.1, 0.15) is 17.3 Å². The lowest BCUT2D eigenvalue weighted by atomic mass is 10.1. The topological polar surface area (TPSA) is 128 Å². The Morgan fingerprint density at radius 3 is 2.69 bits per heavy atom. The van der Waals surface area contributed by atoms with Gasteiger partial charge in [0.25, 0.3) is 5.91 Å². The molecule has 0 saturated carbocycles. The smallest absolute Gasteiger partial charge is 0.387 e. The van der Waals surface area contributed by atoms with Gasteiger partial charge < -0.3 is 4.74 Å². The number of sulfonamides is 1. The Morgan fingerprint density at radius 1 is 1.42 bits per heavy atom. The molecule has 0 fully saturated rings. The number of tetrazole rings is 1.